The average Bonchev–Trinajstić information content (AvgIpc) is 2.69. The van der Waals surface area contributed by atoms with Crippen LogP contribution in [0.2, 0.25) is 0 Å². The number of halogens is 5. The second-order valence-corrected chi connectivity index (χ2v) is 9.23. The van der Waals surface area contributed by atoms with Gasteiger partial charge in [-0.15, -0.1) is 15.5 Å². The van der Waals surface area contributed by atoms with Crippen molar-refractivity contribution >= 4 is 37.2 Å². The van der Waals surface area contributed by atoms with Gasteiger partial charge < -0.3 is 0 Å². The topological polar surface area (TPSA) is 37.4 Å². The number of anilines is 1. The minimum absolute atomic E-state index is 0.0986. The monoisotopic (exact) mass is 365 g/mol. The van der Waals surface area contributed by atoms with E-state index < -0.39 is 25.8 Å². The van der Waals surface area contributed by atoms with Gasteiger partial charge in [-0.25, -0.2) is 4.90 Å². The largest absolute Gasteiger partial charge is 0.268 e. The van der Waals surface area contributed by atoms with Crippen molar-refractivity contribution in [3.05, 3.63) is 59.7 Å². The summed E-state index contributed by atoms with van der Waals surface area (Å²) in [6, 6.07) is 8.49. The average molecular weight is 366 g/mol. The molecule has 0 saturated carbocycles. The SMILES string of the molecule is O=C1c2ccccc2C(=O)N1c1ccc(S(F)(F)(F)(F)Cl)cc1. The molecule has 0 atom stereocenters. The summed E-state index contributed by atoms with van der Waals surface area (Å²) in [6.45, 7) is 0. The van der Waals surface area contributed by atoms with E-state index in [0.29, 0.717) is 12.1 Å². The standard InChI is InChI=1S/C14H8ClF4NO2S/c15-23(16,17,18,19)10-7-5-9(6-8-10)20-13(21)11-3-1-2-4-12(11)14(20)22/h1-8H. The van der Waals surface area contributed by atoms with E-state index in [1.807, 2.05) is 0 Å². The first-order valence-electron chi connectivity index (χ1n) is 6.20. The molecular formula is C14H8ClF4NO2S. The van der Waals surface area contributed by atoms with Crippen molar-refractivity contribution < 1.29 is 25.1 Å². The van der Waals surface area contributed by atoms with E-state index in [1.165, 1.54) is 12.1 Å². The Morgan fingerprint density at radius 2 is 1.22 bits per heavy atom. The zero-order valence-electron chi connectivity index (χ0n) is 11.2. The molecule has 2 amide bonds. The van der Waals surface area contributed by atoms with Crippen molar-refractivity contribution in [2.24, 2.45) is 0 Å². The molecule has 23 heavy (non-hydrogen) atoms. The van der Waals surface area contributed by atoms with E-state index in [0.717, 1.165) is 17.0 Å². The Kier molecular flexibility index (Phi) is 2.80. The summed E-state index contributed by atoms with van der Waals surface area (Å²) in [6.07, 6.45) is 0. The van der Waals surface area contributed by atoms with E-state index in [2.05, 4.69) is 10.7 Å². The molecule has 3 nitrogen and oxygen atoms in total. The second-order valence-electron chi connectivity index (χ2n) is 4.95. The van der Waals surface area contributed by atoms with E-state index in [-0.39, 0.29) is 16.8 Å². The van der Waals surface area contributed by atoms with Gasteiger partial charge in [0.2, 0.25) is 0 Å². The summed E-state index contributed by atoms with van der Waals surface area (Å²) >= 11 is 0. The number of carbonyl (C=O) groups excluding carboxylic acids is 2. The maximum Gasteiger partial charge on any atom is 0.266 e. The highest BCUT2D eigenvalue weighted by molar-refractivity contribution is 8.65. The van der Waals surface area contributed by atoms with Crippen LogP contribution in [0, 0.1) is 0 Å². The fraction of sp³-hybridized carbons (Fsp3) is 0. The Bertz CT molecular complexity index is 815. The third kappa shape index (κ3) is 2.68. The van der Waals surface area contributed by atoms with Crippen LogP contribution >= 0.6 is 19.7 Å². The van der Waals surface area contributed by atoms with Crippen LogP contribution in [0.3, 0.4) is 0 Å². The third-order valence-electron chi connectivity index (χ3n) is 3.33. The van der Waals surface area contributed by atoms with Gasteiger partial charge in [-0.2, -0.15) is 0 Å². The van der Waals surface area contributed by atoms with Gasteiger partial charge in [0.15, 0.2) is 0 Å². The summed E-state index contributed by atoms with van der Waals surface area (Å²) < 4.78 is 52.4. The number of imide groups is 1. The first-order valence-corrected chi connectivity index (χ1v) is 9.08. The maximum absolute atomic E-state index is 13.1. The van der Waals surface area contributed by atoms with Crippen LogP contribution in [-0.2, 0) is 0 Å². The van der Waals surface area contributed by atoms with Gasteiger partial charge in [0.1, 0.15) is 0 Å². The van der Waals surface area contributed by atoms with Crippen LogP contribution in [0.5, 0.6) is 0 Å². The first kappa shape index (κ1) is 15.8. The van der Waals surface area contributed by atoms with Crippen molar-refractivity contribution in [2.75, 3.05) is 4.90 Å². The quantitative estimate of drug-likeness (QED) is 0.527. The van der Waals surface area contributed by atoms with Crippen molar-refractivity contribution in [3.63, 3.8) is 0 Å². The van der Waals surface area contributed by atoms with Gasteiger partial charge in [-0.05, 0) is 36.4 Å². The molecule has 0 aromatic heterocycles. The van der Waals surface area contributed by atoms with Crippen molar-refractivity contribution in [2.45, 2.75) is 4.90 Å². The molecule has 2 aromatic rings. The fourth-order valence-corrected chi connectivity index (χ4v) is 3.24. The first-order chi connectivity index (χ1) is 10.4. The number of carbonyl (C=O) groups is 2. The van der Waals surface area contributed by atoms with Crippen LogP contribution in [0.4, 0.5) is 21.2 Å². The smallest absolute Gasteiger partial charge is 0.266 e. The number of hydrogen-bond donors (Lipinski definition) is 0. The van der Waals surface area contributed by atoms with Gasteiger partial charge in [0.05, 0.1) is 21.7 Å². The van der Waals surface area contributed by atoms with Crippen LogP contribution in [0.15, 0.2) is 53.4 Å². The highest BCUT2D eigenvalue weighted by atomic mass is 35.7. The highest BCUT2D eigenvalue weighted by Gasteiger charge is 2.62. The molecule has 0 fully saturated rings. The lowest BCUT2D eigenvalue weighted by Gasteiger charge is -2.42. The molecule has 0 unspecified atom stereocenters. The predicted octanol–water partition coefficient (Wildman–Crippen LogP) is 5.41. The number of nitrogens with zero attached hydrogens (tertiary/aromatic N) is 1. The van der Waals surface area contributed by atoms with Gasteiger partial charge in [0.25, 0.3) is 20.9 Å². The lowest BCUT2D eigenvalue weighted by atomic mass is 10.1. The van der Waals surface area contributed by atoms with Crippen LogP contribution in [-0.4, -0.2) is 11.8 Å². The minimum atomic E-state index is -8.82. The predicted molar refractivity (Wildman–Crippen MR) is 80.2 cm³/mol. The molecule has 9 heteroatoms. The lowest BCUT2D eigenvalue weighted by molar-refractivity contribution is 0.0926. The summed E-state index contributed by atoms with van der Waals surface area (Å²) in [4.78, 5) is 23.5. The molecule has 3 rings (SSSR count). The molecule has 1 aliphatic rings. The number of benzene rings is 2. The van der Waals surface area contributed by atoms with Gasteiger partial charge >= 0.3 is 0 Å². The van der Waals surface area contributed by atoms with Crippen molar-refractivity contribution in [3.8, 4) is 0 Å². The normalized spacial score (nSPS) is 17.7. The Morgan fingerprint density at radius 3 is 1.61 bits per heavy atom. The van der Waals surface area contributed by atoms with Crippen LogP contribution < -0.4 is 4.90 Å². The van der Waals surface area contributed by atoms with E-state index >= 15 is 0 Å². The summed E-state index contributed by atoms with van der Waals surface area (Å²) in [5.74, 6) is -1.31. The van der Waals surface area contributed by atoms with E-state index in [9.17, 15) is 25.1 Å². The molecule has 0 aliphatic carbocycles. The molecule has 0 saturated heterocycles. The molecule has 2 aromatic carbocycles. The van der Waals surface area contributed by atoms with Crippen molar-refractivity contribution in [1.29, 1.82) is 0 Å². The molecular weight excluding hydrogens is 358 g/mol. The van der Waals surface area contributed by atoms with Crippen LogP contribution in [0.1, 0.15) is 20.7 Å². The molecule has 0 spiro atoms. The number of hydrogen-bond acceptors (Lipinski definition) is 2. The number of rotatable bonds is 2. The number of fused-ring (bicyclic) bond motifs is 1. The number of amides is 2. The van der Waals surface area contributed by atoms with Crippen LogP contribution in [0.25, 0.3) is 0 Å². The summed E-state index contributed by atoms with van der Waals surface area (Å²) in [7, 11) is -4.60. The zero-order chi connectivity index (χ0) is 17.1. The third-order valence-corrected chi connectivity index (χ3v) is 5.03. The van der Waals surface area contributed by atoms with E-state index in [4.69, 9.17) is 0 Å². The van der Waals surface area contributed by atoms with Gasteiger partial charge in [0, 0.05) is 10.7 Å². The minimum Gasteiger partial charge on any atom is -0.268 e. The Hall–Kier alpha value is -2.06. The fourth-order valence-electron chi connectivity index (χ4n) is 2.28. The second kappa shape index (κ2) is 4.07. The summed E-state index contributed by atoms with van der Waals surface area (Å²) in [5, 5.41) is 0. The van der Waals surface area contributed by atoms with Crippen molar-refractivity contribution in [1.82, 2.24) is 0 Å². The molecule has 0 bridgehead atoms. The van der Waals surface area contributed by atoms with E-state index in [1.54, 1.807) is 12.1 Å². The molecule has 0 radical (unpaired) electrons. The molecule has 1 aliphatic heterocycles. The van der Waals surface area contributed by atoms with Gasteiger partial charge in [-0.1, -0.05) is 12.1 Å². The molecule has 1 heterocycles. The van der Waals surface area contributed by atoms with Gasteiger partial charge in [-0.3, -0.25) is 9.59 Å². The lowest BCUT2D eigenvalue weighted by Crippen LogP contribution is -2.29. The highest BCUT2D eigenvalue weighted by Crippen LogP contribution is 3.04. The molecule has 0 N–H and O–H groups in total. The maximum atomic E-state index is 13.1. The summed E-state index contributed by atoms with van der Waals surface area (Å²) in [5.41, 5.74) is 0.209. The molecule has 122 valence electrons. The Labute approximate surface area is 132 Å². The Morgan fingerprint density at radius 1 is 0.783 bits per heavy atom. The Balaban J connectivity index is 2.03. The zero-order valence-corrected chi connectivity index (χ0v) is 12.8.